The maximum atomic E-state index is 12.3. The van der Waals surface area contributed by atoms with E-state index in [9.17, 15) is 9.90 Å². The Morgan fingerprint density at radius 1 is 1.08 bits per heavy atom. The predicted molar refractivity (Wildman–Crippen MR) is 95.3 cm³/mol. The lowest BCUT2D eigenvalue weighted by Crippen LogP contribution is -2.12. The van der Waals surface area contributed by atoms with Crippen LogP contribution in [0.1, 0.15) is 0 Å². The van der Waals surface area contributed by atoms with Crippen LogP contribution in [0.25, 0.3) is 22.2 Å². The van der Waals surface area contributed by atoms with E-state index in [2.05, 4.69) is 20.3 Å². The summed E-state index contributed by atoms with van der Waals surface area (Å²) in [6.07, 6.45) is 0. The molecular formula is C17H13N5O2S. The molecule has 0 spiro atoms. The Balaban J connectivity index is 1.61. The number of aromatic hydroxyl groups is 1. The van der Waals surface area contributed by atoms with Gasteiger partial charge in [0.15, 0.2) is 5.16 Å². The quantitative estimate of drug-likeness (QED) is 0.433. The fraction of sp³-hybridized carbons (Fsp3) is 0.0588. The summed E-state index contributed by atoms with van der Waals surface area (Å²) in [4.78, 5) is 19.1. The summed E-state index contributed by atoms with van der Waals surface area (Å²) < 4.78 is 1.71. The van der Waals surface area contributed by atoms with E-state index in [-0.39, 0.29) is 17.0 Å². The van der Waals surface area contributed by atoms with E-state index in [0.717, 1.165) is 11.0 Å². The van der Waals surface area contributed by atoms with E-state index in [1.165, 1.54) is 11.8 Å². The van der Waals surface area contributed by atoms with E-state index in [0.29, 0.717) is 16.6 Å². The van der Waals surface area contributed by atoms with Gasteiger partial charge in [-0.1, -0.05) is 59.4 Å². The average Bonchev–Trinajstić information content (AvgIpc) is 3.04. The maximum Gasteiger partial charge on any atom is 0.263 e. The monoisotopic (exact) mass is 351 g/mol. The molecule has 0 fully saturated rings. The van der Waals surface area contributed by atoms with Crippen LogP contribution in [0.2, 0.25) is 0 Å². The molecule has 7 nitrogen and oxygen atoms in total. The van der Waals surface area contributed by atoms with Gasteiger partial charge in [-0.3, -0.25) is 4.79 Å². The number of H-pyrrole nitrogens is 1. The molecule has 0 saturated carbocycles. The summed E-state index contributed by atoms with van der Waals surface area (Å²) in [5.74, 6) is 0.119. The van der Waals surface area contributed by atoms with E-state index < -0.39 is 0 Å². The summed E-state index contributed by atoms with van der Waals surface area (Å²) in [7, 11) is 0. The molecule has 0 aliphatic carbocycles. The van der Waals surface area contributed by atoms with Crippen molar-refractivity contribution in [3.63, 3.8) is 0 Å². The minimum atomic E-state index is -0.385. The fourth-order valence-electron chi connectivity index (χ4n) is 2.51. The molecule has 0 unspecified atom stereocenters. The molecule has 124 valence electrons. The molecule has 2 aromatic carbocycles. The van der Waals surface area contributed by atoms with Crippen molar-refractivity contribution >= 4 is 22.8 Å². The van der Waals surface area contributed by atoms with Gasteiger partial charge >= 0.3 is 0 Å². The highest BCUT2D eigenvalue weighted by molar-refractivity contribution is 7.98. The molecule has 0 atom stereocenters. The highest BCUT2D eigenvalue weighted by Crippen LogP contribution is 2.25. The van der Waals surface area contributed by atoms with Gasteiger partial charge in [-0.15, -0.1) is 5.10 Å². The number of rotatable bonds is 4. The van der Waals surface area contributed by atoms with Crippen LogP contribution in [-0.2, 0) is 5.88 Å². The zero-order valence-electron chi connectivity index (χ0n) is 13.0. The lowest BCUT2D eigenvalue weighted by atomic mass is 10.1. The van der Waals surface area contributed by atoms with Crippen molar-refractivity contribution in [2.24, 2.45) is 0 Å². The number of para-hydroxylation sites is 1. The van der Waals surface area contributed by atoms with Crippen molar-refractivity contribution in [3.8, 4) is 17.0 Å². The second-order valence-corrected chi connectivity index (χ2v) is 6.22. The Hall–Kier alpha value is -3.13. The van der Waals surface area contributed by atoms with E-state index in [1.807, 2.05) is 30.3 Å². The van der Waals surface area contributed by atoms with Crippen LogP contribution in [0.4, 0.5) is 0 Å². The molecule has 4 aromatic rings. The van der Waals surface area contributed by atoms with E-state index in [1.54, 1.807) is 28.9 Å². The summed E-state index contributed by atoms with van der Waals surface area (Å²) in [6.45, 7) is 0. The van der Waals surface area contributed by atoms with Crippen molar-refractivity contribution in [1.82, 2.24) is 25.0 Å². The number of nitrogens with zero attached hydrogens (tertiary/aromatic N) is 4. The number of aromatic amines is 1. The normalized spacial score (nSPS) is 11.0. The van der Waals surface area contributed by atoms with Gasteiger partial charge in [-0.2, -0.15) is 4.98 Å². The standard InChI is InChI=1S/C17H13N5O2S/c23-15-14(11-6-2-1-3-7-11)16(24)19-17(18-15)25-10-22-13-9-5-4-8-12(13)20-21-22/h1-9H,10H2,(H2,18,19,23,24). The minimum Gasteiger partial charge on any atom is -0.493 e. The van der Waals surface area contributed by atoms with Crippen LogP contribution in [0, 0.1) is 0 Å². The van der Waals surface area contributed by atoms with Crippen molar-refractivity contribution < 1.29 is 5.11 Å². The Morgan fingerprint density at radius 2 is 1.84 bits per heavy atom. The number of thioether (sulfide) groups is 1. The third-order valence-electron chi connectivity index (χ3n) is 3.68. The first-order valence-corrected chi connectivity index (χ1v) is 8.50. The Morgan fingerprint density at radius 3 is 2.64 bits per heavy atom. The highest BCUT2D eigenvalue weighted by atomic mass is 32.2. The second kappa shape index (κ2) is 6.40. The predicted octanol–water partition coefficient (Wildman–Crippen LogP) is 2.64. The van der Waals surface area contributed by atoms with Crippen LogP contribution in [0.3, 0.4) is 0 Å². The first kappa shape index (κ1) is 15.4. The van der Waals surface area contributed by atoms with E-state index in [4.69, 9.17) is 0 Å². The van der Waals surface area contributed by atoms with Crippen molar-refractivity contribution in [3.05, 3.63) is 65.0 Å². The molecule has 2 heterocycles. The van der Waals surface area contributed by atoms with Crippen molar-refractivity contribution in [1.29, 1.82) is 0 Å². The summed E-state index contributed by atoms with van der Waals surface area (Å²) in [6, 6.07) is 16.5. The molecule has 0 aliphatic heterocycles. The van der Waals surface area contributed by atoms with Crippen LogP contribution >= 0.6 is 11.8 Å². The largest absolute Gasteiger partial charge is 0.493 e. The average molecular weight is 351 g/mol. The molecule has 0 aliphatic rings. The van der Waals surface area contributed by atoms with Gasteiger partial charge in [0.25, 0.3) is 5.56 Å². The van der Waals surface area contributed by atoms with Gasteiger partial charge in [0, 0.05) is 0 Å². The summed E-state index contributed by atoms with van der Waals surface area (Å²) in [5, 5.41) is 18.7. The number of aromatic nitrogens is 5. The minimum absolute atomic E-state index is 0.163. The number of hydrogen-bond donors (Lipinski definition) is 2. The second-order valence-electron chi connectivity index (χ2n) is 5.29. The lowest BCUT2D eigenvalue weighted by Gasteiger charge is -2.06. The Labute approximate surface area is 146 Å². The number of nitrogens with one attached hydrogen (secondary N) is 1. The first-order chi connectivity index (χ1) is 12.2. The summed E-state index contributed by atoms with van der Waals surface area (Å²) in [5.41, 5.74) is 2.09. The number of benzene rings is 2. The first-order valence-electron chi connectivity index (χ1n) is 7.52. The topological polar surface area (TPSA) is 96.7 Å². The van der Waals surface area contributed by atoms with Gasteiger partial charge in [0.05, 0.1) is 11.4 Å². The zero-order chi connectivity index (χ0) is 17.2. The van der Waals surface area contributed by atoms with Gasteiger partial charge in [-0.25, -0.2) is 4.68 Å². The third-order valence-corrected chi connectivity index (χ3v) is 4.53. The van der Waals surface area contributed by atoms with E-state index >= 15 is 0 Å². The molecule has 8 heteroatoms. The lowest BCUT2D eigenvalue weighted by molar-refractivity contribution is 0.446. The molecule has 0 amide bonds. The molecule has 0 radical (unpaired) electrons. The van der Waals surface area contributed by atoms with Gasteiger partial charge in [0.2, 0.25) is 5.88 Å². The fourth-order valence-corrected chi connectivity index (χ4v) is 3.26. The van der Waals surface area contributed by atoms with Gasteiger partial charge in [0.1, 0.15) is 11.1 Å². The zero-order valence-corrected chi connectivity index (χ0v) is 13.8. The number of fused-ring (bicyclic) bond motifs is 1. The maximum absolute atomic E-state index is 12.3. The molecule has 0 saturated heterocycles. The van der Waals surface area contributed by atoms with Gasteiger partial charge < -0.3 is 10.1 Å². The van der Waals surface area contributed by atoms with Crippen LogP contribution in [0.5, 0.6) is 5.88 Å². The van der Waals surface area contributed by atoms with Crippen molar-refractivity contribution in [2.45, 2.75) is 11.0 Å². The molecule has 25 heavy (non-hydrogen) atoms. The number of hydrogen-bond acceptors (Lipinski definition) is 6. The Bertz CT molecular complexity index is 1090. The van der Waals surface area contributed by atoms with Crippen LogP contribution in [0.15, 0.2) is 64.5 Å². The smallest absolute Gasteiger partial charge is 0.263 e. The van der Waals surface area contributed by atoms with Gasteiger partial charge in [-0.05, 0) is 17.7 Å². The third kappa shape index (κ3) is 2.99. The van der Waals surface area contributed by atoms with Crippen LogP contribution < -0.4 is 5.56 Å². The molecule has 2 N–H and O–H groups in total. The molecule has 2 aromatic heterocycles. The molecule has 4 rings (SSSR count). The molecule has 0 bridgehead atoms. The SMILES string of the molecule is O=c1[nH]c(SCn2nnc3ccccc32)nc(O)c1-c1ccccc1. The summed E-state index contributed by atoms with van der Waals surface area (Å²) >= 11 is 1.26. The van der Waals surface area contributed by atoms with Crippen LogP contribution in [-0.4, -0.2) is 30.1 Å². The highest BCUT2D eigenvalue weighted by Gasteiger charge is 2.13. The molecular weight excluding hydrogens is 338 g/mol. The Kier molecular flexibility index (Phi) is 3.95. The van der Waals surface area contributed by atoms with Crippen molar-refractivity contribution in [2.75, 3.05) is 0 Å².